The van der Waals surface area contributed by atoms with Crippen LogP contribution in [0.4, 0.5) is 0 Å². The molecular weight excluding hydrogens is 774 g/mol. The van der Waals surface area contributed by atoms with Crippen molar-refractivity contribution in [1.82, 2.24) is 36.8 Å². The highest BCUT2D eigenvalue weighted by molar-refractivity contribution is 7.98. The van der Waals surface area contributed by atoms with E-state index < -0.39 is 115 Å². The van der Waals surface area contributed by atoms with Crippen LogP contribution in [0.25, 0.3) is 0 Å². The van der Waals surface area contributed by atoms with Crippen LogP contribution >= 0.6 is 11.8 Å². The minimum absolute atomic E-state index is 0.0259. The fourth-order valence-corrected chi connectivity index (χ4v) is 5.91. The van der Waals surface area contributed by atoms with Crippen molar-refractivity contribution in [2.24, 2.45) is 22.2 Å². The van der Waals surface area contributed by atoms with E-state index in [1.807, 2.05) is 0 Å². The Balaban J connectivity index is 3.11. The Morgan fingerprint density at radius 3 is 1.88 bits per heavy atom. The average Bonchev–Trinajstić information content (AvgIpc) is 3.64. The highest BCUT2D eigenvalue weighted by Crippen LogP contribution is 2.19. The summed E-state index contributed by atoms with van der Waals surface area (Å²) in [5, 5.41) is 42.5. The molecule has 0 bridgehead atoms. The van der Waals surface area contributed by atoms with Gasteiger partial charge in [-0.2, -0.15) is 11.8 Å². The second-order valence-electron chi connectivity index (χ2n) is 13.4. The molecule has 1 rings (SSSR count). The van der Waals surface area contributed by atoms with Gasteiger partial charge in [0.05, 0.1) is 12.6 Å². The van der Waals surface area contributed by atoms with Crippen molar-refractivity contribution in [2.75, 3.05) is 31.7 Å². The summed E-state index contributed by atoms with van der Waals surface area (Å²) in [4.78, 5) is 119. The Kier molecular flexibility index (Phi) is 21.9. The molecule has 7 amide bonds. The minimum atomic E-state index is -1.50. The number of hydrogen-bond acceptors (Lipinski definition) is 13. The molecule has 15 N–H and O–H groups in total. The van der Waals surface area contributed by atoms with Crippen LogP contribution in [0.3, 0.4) is 0 Å². The van der Waals surface area contributed by atoms with E-state index in [4.69, 9.17) is 22.3 Å². The zero-order valence-electron chi connectivity index (χ0n) is 32.4. The molecule has 8 atom stereocenters. The monoisotopic (exact) mass is 831 g/mol. The van der Waals surface area contributed by atoms with E-state index in [2.05, 4.69) is 36.9 Å². The van der Waals surface area contributed by atoms with E-state index in [0.717, 1.165) is 0 Å². The van der Waals surface area contributed by atoms with Crippen molar-refractivity contribution in [2.45, 2.75) is 114 Å². The predicted molar refractivity (Wildman–Crippen MR) is 206 cm³/mol. The van der Waals surface area contributed by atoms with E-state index in [1.54, 1.807) is 6.26 Å². The average molecular weight is 832 g/mol. The molecule has 0 radical (unpaired) electrons. The quantitative estimate of drug-likeness (QED) is 0.0233. The molecule has 0 spiro atoms. The molecule has 1 fully saturated rings. The number of thioether (sulfide) groups is 1. The Bertz CT molecular complexity index is 1480. The molecule has 23 nitrogen and oxygen atoms in total. The van der Waals surface area contributed by atoms with Crippen molar-refractivity contribution in [3.63, 3.8) is 0 Å². The molecule has 0 aromatic heterocycles. The fourth-order valence-electron chi connectivity index (χ4n) is 5.44. The first kappa shape index (κ1) is 49.8. The van der Waals surface area contributed by atoms with Crippen LogP contribution in [0.15, 0.2) is 4.99 Å². The molecule has 1 heterocycles. The zero-order chi connectivity index (χ0) is 43.4. The van der Waals surface area contributed by atoms with Crippen molar-refractivity contribution < 1.29 is 58.5 Å². The molecular formula is C33H57N11O12S. The number of carbonyl (C=O) groups is 9. The van der Waals surface area contributed by atoms with E-state index in [9.17, 15) is 53.4 Å². The van der Waals surface area contributed by atoms with Crippen LogP contribution in [0.5, 0.6) is 0 Å². The predicted octanol–water partition coefficient (Wildman–Crippen LogP) is -4.98. The molecule has 0 aromatic carbocycles. The van der Waals surface area contributed by atoms with Gasteiger partial charge in [-0.15, -0.1) is 0 Å². The van der Waals surface area contributed by atoms with Gasteiger partial charge in [0, 0.05) is 19.5 Å². The van der Waals surface area contributed by atoms with Crippen molar-refractivity contribution >= 4 is 71.0 Å². The normalized spacial score (nSPS) is 17.2. The first-order chi connectivity index (χ1) is 26.7. The third kappa shape index (κ3) is 17.6. The largest absolute Gasteiger partial charge is 0.481 e. The number of nitrogens with two attached hydrogens (primary N) is 3. The number of nitrogens with zero attached hydrogens (tertiary/aromatic N) is 2. The Morgan fingerprint density at radius 2 is 1.32 bits per heavy atom. The highest BCUT2D eigenvalue weighted by Gasteiger charge is 2.38. The number of aliphatic carboxylic acids is 2. The van der Waals surface area contributed by atoms with Crippen LogP contribution in [0.1, 0.15) is 65.7 Å². The number of hydrogen-bond donors (Lipinski definition) is 12. The number of carboxylic acid groups (broad SMARTS) is 2. The minimum Gasteiger partial charge on any atom is -0.481 e. The Labute approximate surface area is 333 Å². The summed E-state index contributed by atoms with van der Waals surface area (Å²) in [5.41, 5.74) is 16.3. The summed E-state index contributed by atoms with van der Waals surface area (Å²) >= 11 is 1.37. The molecule has 0 aromatic rings. The molecule has 322 valence electrons. The second kappa shape index (κ2) is 25.1. The van der Waals surface area contributed by atoms with Crippen LogP contribution in [0, 0.1) is 0 Å². The summed E-state index contributed by atoms with van der Waals surface area (Å²) in [6, 6.07) is -9.94. The molecule has 1 aliphatic heterocycles. The summed E-state index contributed by atoms with van der Waals surface area (Å²) in [5.74, 6) is -7.95. The maximum atomic E-state index is 13.7. The fraction of sp³-hybridized carbons (Fsp3) is 0.697. The van der Waals surface area contributed by atoms with Gasteiger partial charge < -0.3 is 69.3 Å². The Hall–Kier alpha value is -5.23. The molecule has 1 aliphatic rings. The summed E-state index contributed by atoms with van der Waals surface area (Å²) in [7, 11) is 0. The van der Waals surface area contributed by atoms with Crippen LogP contribution < -0.4 is 49.1 Å². The van der Waals surface area contributed by atoms with Gasteiger partial charge in [-0.05, 0) is 71.3 Å². The lowest BCUT2D eigenvalue weighted by Crippen LogP contribution is -2.59. The highest BCUT2D eigenvalue weighted by atomic mass is 32.2. The zero-order valence-corrected chi connectivity index (χ0v) is 33.3. The van der Waals surface area contributed by atoms with Gasteiger partial charge in [-0.25, -0.2) is 4.79 Å². The van der Waals surface area contributed by atoms with Gasteiger partial charge in [-0.1, -0.05) is 0 Å². The van der Waals surface area contributed by atoms with Crippen LogP contribution in [-0.2, 0) is 43.2 Å². The van der Waals surface area contributed by atoms with Crippen LogP contribution in [-0.4, -0.2) is 160 Å². The molecule has 57 heavy (non-hydrogen) atoms. The molecule has 1 saturated heterocycles. The number of carbonyl (C=O) groups excluding carboxylic acids is 7. The number of aliphatic imine (C=N–C) groups is 1. The Morgan fingerprint density at radius 1 is 0.754 bits per heavy atom. The third-order valence-electron chi connectivity index (χ3n) is 8.63. The van der Waals surface area contributed by atoms with Crippen molar-refractivity contribution in [3.05, 3.63) is 0 Å². The summed E-state index contributed by atoms with van der Waals surface area (Å²) in [6.45, 7) is 3.45. The number of amides is 7. The maximum absolute atomic E-state index is 13.7. The smallest absolute Gasteiger partial charge is 0.326 e. The van der Waals surface area contributed by atoms with E-state index in [-0.39, 0.29) is 51.2 Å². The first-order valence-electron chi connectivity index (χ1n) is 18.2. The number of rotatable bonds is 25. The molecule has 8 unspecified atom stereocenters. The van der Waals surface area contributed by atoms with Gasteiger partial charge in [0.1, 0.15) is 42.3 Å². The standard InChI is InChI=1S/C33H57N11O12S/c1-16(34)25(48)43-22(15-45)29(52)38-17(2)26(49)40-19(7-5-12-37-33(35)36)28(51)41-20(11-14-57-4)27(50)39-18(3)31(54)44-13-6-8-23(44)30(53)42-21(32(55)56)9-10-24(46)47/h16-23,45H,5-15,34H2,1-4H3,(H,38,52)(H,39,50)(H,40,49)(H,41,51)(H,42,53)(H,43,48)(H,46,47)(H,55,56)(H4,35,36,37). The maximum Gasteiger partial charge on any atom is 0.326 e. The number of aliphatic hydroxyl groups excluding tert-OH is 1. The number of nitrogens with one attached hydrogen (secondary N) is 6. The number of likely N-dealkylation sites (tertiary alicyclic amines) is 1. The summed E-state index contributed by atoms with van der Waals surface area (Å²) in [6.07, 6.45) is 1.74. The molecule has 0 aliphatic carbocycles. The van der Waals surface area contributed by atoms with Crippen molar-refractivity contribution in [3.8, 4) is 0 Å². The lowest BCUT2D eigenvalue weighted by Gasteiger charge is -2.29. The lowest BCUT2D eigenvalue weighted by atomic mass is 10.1. The number of aliphatic hydroxyl groups is 1. The second-order valence-corrected chi connectivity index (χ2v) is 14.4. The van der Waals surface area contributed by atoms with Gasteiger partial charge in [0.2, 0.25) is 41.4 Å². The van der Waals surface area contributed by atoms with Crippen LogP contribution in [0.2, 0.25) is 0 Å². The molecule has 24 heteroatoms. The van der Waals surface area contributed by atoms with Gasteiger partial charge >= 0.3 is 11.9 Å². The molecule has 0 saturated carbocycles. The number of guanidine groups is 1. The lowest BCUT2D eigenvalue weighted by molar-refractivity contribution is -0.145. The van der Waals surface area contributed by atoms with E-state index >= 15 is 0 Å². The van der Waals surface area contributed by atoms with E-state index in [0.29, 0.717) is 12.2 Å². The van der Waals surface area contributed by atoms with E-state index in [1.165, 1.54) is 37.4 Å². The third-order valence-corrected chi connectivity index (χ3v) is 9.28. The topological polar surface area (TPSA) is 380 Å². The summed E-state index contributed by atoms with van der Waals surface area (Å²) < 4.78 is 0. The van der Waals surface area contributed by atoms with Gasteiger partial charge in [0.15, 0.2) is 5.96 Å². The van der Waals surface area contributed by atoms with Gasteiger partial charge in [0.25, 0.3) is 0 Å². The first-order valence-corrected chi connectivity index (χ1v) is 19.6. The number of carboxylic acids is 2. The van der Waals surface area contributed by atoms with Crippen molar-refractivity contribution in [1.29, 1.82) is 0 Å². The SMILES string of the molecule is CSCCC(NC(=O)C(CCCN=C(N)N)NC(=O)C(C)NC(=O)C(CO)NC(=O)C(C)N)C(=O)NC(C)C(=O)N1CCCC1C(=O)NC(CCC(=O)O)C(=O)O. The van der Waals surface area contributed by atoms with Gasteiger partial charge in [-0.3, -0.25) is 43.3 Å².